The first-order valence-corrected chi connectivity index (χ1v) is 3.54. The molecule has 0 heterocycles. The normalized spacial score (nSPS) is 8.45. The molecule has 1 aromatic rings. The highest BCUT2D eigenvalue weighted by Gasteiger charge is 1.99. The number of rotatable bonds is 1. The van der Waals surface area contributed by atoms with Crippen LogP contribution in [0.3, 0.4) is 0 Å². The van der Waals surface area contributed by atoms with E-state index in [2.05, 4.69) is 11.1 Å². The fraction of sp³-hybridized carbons (Fsp3) is 0.222. The van der Waals surface area contributed by atoms with E-state index in [4.69, 9.17) is 0 Å². The number of hydrogen-bond acceptors (Lipinski definition) is 1. The average molecular weight is 147 g/mol. The van der Waals surface area contributed by atoms with Crippen LogP contribution in [0.5, 0.6) is 0 Å². The highest BCUT2D eigenvalue weighted by atomic mass is 16.4. The molecule has 0 aromatic heterocycles. The summed E-state index contributed by atoms with van der Waals surface area (Å²) in [5, 5.41) is 12.5. The minimum Gasteiger partial charge on any atom is -0.498 e. The van der Waals surface area contributed by atoms with Crippen molar-refractivity contribution in [1.29, 1.82) is 0 Å². The summed E-state index contributed by atoms with van der Waals surface area (Å²) in [7, 11) is 0. The molecule has 1 aromatic carbocycles. The third-order valence-electron chi connectivity index (χ3n) is 1.56. The van der Waals surface area contributed by atoms with E-state index in [1.54, 1.807) is 0 Å². The van der Waals surface area contributed by atoms with Gasteiger partial charge in [-0.3, -0.25) is 0 Å². The number of benzene rings is 1. The van der Waals surface area contributed by atoms with E-state index in [-0.39, 0.29) is 0 Å². The largest absolute Gasteiger partial charge is 0.498 e. The predicted molar refractivity (Wildman–Crippen MR) is 45.5 cm³/mol. The first-order chi connectivity index (χ1) is 5.38. The summed E-state index contributed by atoms with van der Waals surface area (Å²) in [5.41, 5.74) is 1.90. The van der Waals surface area contributed by atoms with Crippen LogP contribution in [-0.2, 0) is 6.42 Å². The van der Waals surface area contributed by atoms with E-state index in [0.717, 1.165) is 17.5 Å². The second-order valence-electron chi connectivity index (χ2n) is 2.21. The fourth-order valence-electron chi connectivity index (χ4n) is 0.987. The smallest absolute Gasteiger partial charge is 0.336 e. The Morgan fingerprint density at radius 1 is 1.45 bits per heavy atom. The Morgan fingerprint density at radius 2 is 2.18 bits per heavy atom. The molecule has 2 heteroatoms. The minimum atomic E-state index is 0.796. The van der Waals surface area contributed by atoms with Crippen molar-refractivity contribution < 1.29 is 0 Å². The standard InChI is InChI=1S/C9H9NO/c1-2-8-5-3-4-6-9(8)7-10-11/h3-6H,2H2,1H3. The van der Waals surface area contributed by atoms with Gasteiger partial charge in [0.1, 0.15) is 5.56 Å². The molecule has 0 bridgehead atoms. The van der Waals surface area contributed by atoms with Gasteiger partial charge in [0, 0.05) is 5.01 Å². The zero-order valence-corrected chi connectivity index (χ0v) is 6.37. The van der Waals surface area contributed by atoms with Gasteiger partial charge < -0.3 is 5.21 Å². The molecule has 0 radical (unpaired) electrons. The summed E-state index contributed by atoms with van der Waals surface area (Å²) in [6.45, 7) is 2.03. The van der Waals surface area contributed by atoms with Crippen LogP contribution in [-0.4, -0.2) is 0 Å². The van der Waals surface area contributed by atoms with Gasteiger partial charge in [-0.2, -0.15) is 0 Å². The van der Waals surface area contributed by atoms with Crippen molar-refractivity contribution in [1.82, 2.24) is 0 Å². The molecule has 0 N–H and O–H groups in total. The minimum absolute atomic E-state index is 0.796. The Hall–Kier alpha value is -1.49. The number of hydrogen-bond donors (Lipinski definition) is 0. The van der Waals surface area contributed by atoms with E-state index in [1.165, 1.54) is 0 Å². The third kappa shape index (κ3) is 1.71. The highest BCUT2D eigenvalue weighted by Crippen LogP contribution is 2.07. The van der Waals surface area contributed by atoms with Gasteiger partial charge in [0.15, 0.2) is 0 Å². The zero-order valence-electron chi connectivity index (χ0n) is 6.37. The summed E-state index contributed by atoms with van der Waals surface area (Å²) >= 11 is 0. The van der Waals surface area contributed by atoms with E-state index in [1.807, 2.05) is 31.2 Å². The van der Waals surface area contributed by atoms with Crippen molar-refractivity contribution in [2.75, 3.05) is 0 Å². The maximum absolute atomic E-state index is 9.88. The summed E-state index contributed by atoms with van der Waals surface area (Å²) in [6, 6.07) is 10.0. The van der Waals surface area contributed by atoms with Crippen LogP contribution < -0.4 is 0 Å². The molecule has 0 unspecified atom stereocenters. The summed E-state index contributed by atoms with van der Waals surface area (Å²) in [6.07, 6.45) is 0.901. The lowest BCUT2D eigenvalue weighted by Gasteiger charge is -1.94. The maximum atomic E-state index is 9.88. The second-order valence-corrected chi connectivity index (χ2v) is 2.21. The van der Waals surface area contributed by atoms with Crippen LogP contribution in [0.1, 0.15) is 18.1 Å². The lowest BCUT2D eigenvalue weighted by atomic mass is 10.1. The van der Waals surface area contributed by atoms with Crippen LogP contribution in [0.2, 0.25) is 0 Å². The molecule has 0 spiro atoms. The quantitative estimate of drug-likeness (QED) is 0.560. The van der Waals surface area contributed by atoms with Crippen LogP contribution >= 0.6 is 0 Å². The second kappa shape index (κ2) is 3.62. The van der Waals surface area contributed by atoms with E-state index in [9.17, 15) is 5.21 Å². The first kappa shape index (κ1) is 7.62. The predicted octanol–water partition coefficient (Wildman–Crippen LogP) is 2.43. The zero-order chi connectivity index (χ0) is 8.10. The fourth-order valence-corrected chi connectivity index (χ4v) is 0.987. The van der Waals surface area contributed by atoms with Crippen LogP contribution in [0.25, 0.3) is 5.01 Å². The summed E-state index contributed by atoms with van der Waals surface area (Å²) < 4.78 is 0. The Balaban J connectivity index is 3.09. The van der Waals surface area contributed by atoms with E-state index >= 15 is 0 Å². The van der Waals surface area contributed by atoms with Crippen molar-refractivity contribution >= 4 is 0 Å². The summed E-state index contributed by atoms with van der Waals surface area (Å²) in [5.74, 6) is 0. The molecule has 0 saturated carbocycles. The van der Waals surface area contributed by atoms with Crippen molar-refractivity contribution in [3.05, 3.63) is 45.6 Å². The van der Waals surface area contributed by atoms with Crippen molar-refractivity contribution in [3.63, 3.8) is 0 Å². The van der Waals surface area contributed by atoms with E-state index in [0.29, 0.717) is 0 Å². The first-order valence-electron chi connectivity index (χ1n) is 3.54. The molecule has 0 aliphatic carbocycles. The molecule has 0 amide bonds. The molecule has 0 fully saturated rings. The Labute approximate surface area is 65.9 Å². The van der Waals surface area contributed by atoms with Crippen molar-refractivity contribution in [2.45, 2.75) is 13.3 Å². The lowest BCUT2D eigenvalue weighted by Crippen LogP contribution is -1.84. The van der Waals surface area contributed by atoms with E-state index < -0.39 is 0 Å². The Kier molecular flexibility index (Phi) is 2.51. The van der Waals surface area contributed by atoms with Crippen molar-refractivity contribution in [2.24, 2.45) is 0 Å². The lowest BCUT2D eigenvalue weighted by molar-refractivity contribution is 1.13. The molecule has 0 aliphatic rings. The SMILES string of the molecule is CCc1ccccc1C#[N+][O-]. The molecule has 0 atom stereocenters. The Morgan fingerprint density at radius 3 is 2.82 bits per heavy atom. The molecule has 56 valence electrons. The average Bonchev–Trinajstić information content (AvgIpc) is 2.06. The number of nitrogens with zero attached hydrogens (tertiary/aromatic N) is 1. The van der Waals surface area contributed by atoms with Crippen molar-refractivity contribution in [3.8, 4) is 6.07 Å². The highest BCUT2D eigenvalue weighted by molar-refractivity contribution is 5.39. The van der Waals surface area contributed by atoms with Crippen LogP contribution in [0, 0.1) is 11.3 Å². The molecule has 0 saturated heterocycles. The van der Waals surface area contributed by atoms with Gasteiger partial charge in [-0.1, -0.05) is 25.1 Å². The molecule has 1 rings (SSSR count). The topological polar surface area (TPSA) is 27.4 Å². The number of aryl methyl sites for hydroxylation is 1. The van der Waals surface area contributed by atoms with Crippen LogP contribution in [0.15, 0.2) is 24.3 Å². The monoisotopic (exact) mass is 147 g/mol. The van der Waals surface area contributed by atoms with Gasteiger partial charge >= 0.3 is 6.07 Å². The molecule has 2 nitrogen and oxygen atoms in total. The molecule has 0 aliphatic heterocycles. The third-order valence-corrected chi connectivity index (χ3v) is 1.56. The molecule has 11 heavy (non-hydrogen) atoms. The van der Waals surface area contributed by atoms with Gasteiger partial charge in [-0.15, -0.1) is 0 Å². The summed E-state index contributed by atoms with van der Waals surface area (Å²) in [4.78, 5) is 0. The van der Waals surface area contributed by atoms with Gasteiger partial charge in [0.05, 0.1) is 0 Å². The van der Waals surface area contributed by atoms with Gasteiger partial charge in [-0.05, 0) is 18.1 Å². The van der Waals surface area contributed by atoms with Crippen LogP contribution in [0.4, 0.5) is 0 Å². The Bertz CT molecular complexity index is 296. The van der Waals surface area contributed by atoms with Gasteiger partial charge in [-0.25, -0.2) is 0 Å². The molecular formula is C9H9NO. The maximum Gasteiger partial charge on any atom is 0.336 e. The van der Waals surface area contributed by atoms with Gasteiger partial charge in [0.2, 0.25) is 0 Å². The van der Waals surface area contributed by atoms with Gasteiger partial charge in [0.25, 0.3) is 0 Å². The molecular weight excluding hydrogens is 138 g/mol.